The second-order valence-corrected chi connectivity index (χ2v) is 4.92. The van der Waals surface area contributed by atoms with E-state index in [0.717, 1.165) is 52.2 Å². The number of amides is 1. The summed E-state index contributed by atoms with van der Waals surface area (Å²) in [5, 5.41) is 3.02. The quantitative estimate of drug-likeness (QED) is 0.693. The Kier molecular flexibility index (Phi) is 4.18. The van der Waals surface area contributed by atoms with Crippen molar-refractivity contribution in [1.29, 1.82) is 0 Å². The van der Waals surface area contributed by atoms with Gasteiger partial charge < -0.3 is 10.1 Å². The summed E-state index contributed by atoms with van der Waals surface area (Å²) in [6.45, 7) is 7.81. The number of carbonyl (C=O) groups excluding carboxylic acids is 1. The molecule has 2 atom stereocenters. The van der Waals surface area contributed by atoms with Gasteiger partial charge in [-0.05, 0) is 25.3 Å². The minimum absolute atomic E-state index is 0.259. The minimum atomic E-state index is 0.259. The highest BCUT2D eigenvalue weighted by molar-refractivity contribution is 5.81. The molecule has 4 nitrogen and oxygen atoms in total. The first-order valence-corrected chi connectivity index (χ1v) is 6.35. The molecule has 92 valence electrons. The van der Waals surface area contributed by atoms with Crippen molar-refractivity contribution < 1.29 is 9.53 Å². The van der Waals surface area contributed by atoms with Crippen LogP contribution in [0.15, 0.2) is 0 Å². The van der Waals surface area contributed by atoms with Crippen LogP contribution < -0.4 is 5.32 Å². The van der Waals surface area contributed by atoms with Gasteiger partial charge >= 0.3 is 0 Å². The molecule has 2 rings (SSSR count). The van der Waals surface area contributed by atoms with Crippen molar-refractivity contribution in [3.8, 4) is 0 Å². The lowest BCUT2D eigenvalue weighted by Gasteiger charge is -2.26. The van der Waals surface area contributed by atoms with Gasteiger partial charge in [-0.25, -0.2) is 0 Å². The maximum absolute atomic E-state index is 11.5. The van der Waals surface area contributed by atoms with E-state index in [0.29, 0.717) is 11.8 Å². The van der Waals surface area contributed by atoms with Crippen LogP contribution in [-0.2, 0) is 9.53 Å². The Bertz CT molecular complexity index is 239. The van der Waals surface area contributed by atoms with Crippen molar-refractivity contribution in [2.24, 2.45) is 11.8 Å². The van der Waals surface area contributed by atoms with Crippen LogP contribution in [0.1, 0.15) is 19.8 Å². The van der Waals surface area contributed by atoms with Crippen LogP contribution in [0.3, 0.4) is 0 Å². The fourth-order valence-corrected chi connectivity index (χ4v) is 2.16. The van der Waals surface area contributed by atoms with Crippen molar-refractivity contribution >= 4 is 5.91 Å². The second-order valence-electron chi connectivity index (χ2n) is 4.92. The third kappa shape index (κ3) is 3.46. The molecular weight excluding hydrogens is 204 g/mol. The van der Waals surface area contributed by atoms with E-state index >= 15 is 0 Å². The van der Waals surface area contributed by atoms with Crippen LogP contribution in [0, 0.1) is 11.8 Å². The highest BCUT2D eigenvalue weighted by Gasteiger charge is 2.38. The molecule has 2 fully saturated rings. The van der Waals surface area contributed by atoms with Crippen LogP contribution in [0.4, 0.5) is 0 Å². The lowest BCUT2D eigenvalue weighted by Crippen LogP contribution is -2.38. The van der Waals surface area contributed by atoms with Crippen molar-refractivity contribution in [2.45, 2.75) is 19.8 Å². The molecule has 1 saturated carbocycles. The van der Waals surface area contributed by atoms with Crippen LogP contribution in [0.5, 0.6) is 0 Å². The van der Waals surface area contributed by atoms with Gasteiger partial charge in [0.25, 0.3) is 0 Å². The molecule has 0 radical (unpaired) electrons. The average Bonchev–Trinajstić information content (AvgIpc) is 3.03. The lowest BCUT2D eigenvalue weighted by atomic mass is 10.3. The van der Waals surface area contributed by atoms with Crippen molar-refractivity contribution in [2.75, 3.05) is 39.4 Å². The molecule has 16 heavy (non-hydrogen) atoms. The van der Waals surface area contributed by atoms with Gasteiger partial charge in [0.15, 0.2) is 0 Å². The van der Waals surface area contributed by atoms with E-state index < -0.39 is 0 Å². The zero-order valence-corrected chi connectivity index (χ0v) is 10.1. The number of ether oxygens (including phenoxy) is 1. The van der Waals surface area contributed by atoms with Crippen LogP contribution in [0.25, 0.3) is 0 Å². The van der Waals surface area contributed by atoms with E-state index in [9.17, 15) is 4.79 Å². The largest absolute Gasteiger partial charge is 0.379 e. The molecule has 1 aliphatic carbocycles. The molecular formula is C12H22N2O2. The van der Waals surface area contributed by atoms with Gasteiger partial charge in [-0.1, -0.05) is 6.92 Å². The lowest BCUT2D eigenvalue weighted by molar-refractivity contribution is -0.122. The van der Waals surface area contributed by atoms with Gasteiger partial charge in [0, 0.05) is 25.6 Å². The first-order chi connectivity index (χ1) is 7.77. The van der Waals surface area contributed by atoms with E-state index in [1.54, 1.807) is 0 Å². The van der Waals surface area contributed by atoms with Crippen molar-refractivity contribution in [3.05, 3.63) is 0 Å². The molecule has 0 aromatic rings. The Hall–Kier alpha value is -0.610. The Morgan fingerprint density at radius 3 is 2.75 bits per heavy atom. The highest BCUT2D eigenvalue weighted by Crippen LogP contribution is 2.37. The zero-order valence-electron chi connectivity index (χ0n) is 10.1. The van der Waals surface area contributed by atoms with E-state index in [-0.39, 0.29) is 5.91 Å². The Balaban J connectivity index is 1.49. The molecule has 1 N–H and O–H groups in total. The summed E-state index contributed by atoms with van der Waals surface area (Å²) in [4.78, 5) is 13.9. The molecule has 1 saturated heterocycles. The van der Waals surface area contributed by atoms with Gasteiger partial charge in [0.1, 0.15) is 0 Å². The maximum atomic E-state index is 11.5. The third-order valence-electron chi connectivity index (χ3n) is 3.50. The van der Waals surface area contributed by atoms with Gasteiger partial charge in [-0.3, -0.25) is 9.69 Å². The monoisotopic (exact) mass is 226 g/mol. The number of nitrogens with one attached hydrogen (secondary N) is 1. The SMILES string of the molecule is C[C@H]1C[C@H]1C(=O)NCCCN1CCOCC1. The molecule has 0 unspecified atom stereocenters. The summed E-state index contributed by atoms with van der Waals surface area (Å²) < 4.78 is 5.28. The summed E-state index contributed by atoms with van der Waals surface area (Å²) in [7, 11) is 0. The minimum Gasteiger partial charge on any atom is -0.379 e. The molecule has 1 amide bonds. The first-order valence-electron chi connectivity index (χ1n) is 6.35. The topological polar surface area (TPSA) is 41.6 Å². The van der Waals surface area contributed by atoms with Gasteiger partial charge in [0.2, 0.25) is 5.91 Å². The smallest absolute Gasteiger partial charge is 0.223 e. The van der Waals surface area contributed by atoms with Crippen LogP contribution in [0.2, 0.25) is 0 Å². The fraction of sp³-hybridized carbons (Fsp3) is 0.917. The number of nitrogens with zero attached hydrogens (tertiary/aromatic N) is 1. The summed E-state index contributed by atoms with van der Waals surface area (Å²) in [6.07, 6.45) is 2.13. The molecule has 0 spiro atoms. The highest BCUT2D eigenvalue weighted by atomic mass is 16.5. The normalized spacial score (nSPS) is 30.1. The van der Waals surface area contributed by atoms with Crippen LogP contribution in [-0.4, -0.2) is 50.2 Å². The zero-order chi connectivity index (χ0) is 11.4. The van der Waals surface area contributed by atoms with E-state index in [4.69, 9.17) is 4.74 Å². The standard InChI is InChI=1S/C12H22N2O2/c1-10-9-11(10)12(15)13-3-2-4-14-5-7-16-8-6-14/h10-11H,2-9H2,1H3,(H,13,15)/t10-,11+/m0/s1. The van der Waals surface area contributed by atoms with Gasteiger partial charge in [-0.2, -0.15) is 0 Å². The fourth-order valence-electron chi connectivity index (χ4n) is 2.16. The molecule has 0 aromatic heterocycles. The molecule has 2 aliphatic rings. The summed E-state index contributed by atoms with van der Waals surface area (Å²) in [6, 6.07) is 0. The number of morpholine rings is 1. The van der Waals surface area contributed by atoms with Crippen LogP contribution >= 0.6 is 0 Å². The van der Waals surface area contributed by atoms with E-state index in [2.05, 4.69) is 17.1 Å². The maximum Gasteiger partial charge on any atom is 0.223 e. The predicted molar refractivity (Wildman–Crippen MR) is 62.2 cm³/mol. The van der Waals surface area contributed by atoms with Gasteiger partial charge in [0.05, 0.1) is 13.2 Å². The molecule has 0 bridgehead atoms. The number of hydrogen-bond acceptors (Lipinski definition) is 3. The molecule has 1 aliphatic heterocycles. The number of hydrogen-bond donors (Lipinski definition) is 1. The average molecular weight is 226 g/mol. The Labute approximate surface area is 97.3 Å². The summed E-state index contributed by atoms with van der Waals surface area (Å²) >= 11 is 0. The van der Waals surface area contributed by atoms with E-state index in [1.807, 2.05) is 0 Å². The molecule has 0 aromatic carbocycles. The number of rotatable bonds is 5. The van der Waals surface area contributed by atoms with Crippen molar-refractivity contribution in [1.82, 2.24) is 10.2 Å². The molecule has 4 heteroatoms. The second kappa shape index (κ2) is 5.64. The van der Waals surface area contributed by atoms with Gasteiger partial charge in [-0.15, -0.1) is 0 Å². The number of carbonyl (C=O) groups is 1. The third-order valence-corrected chi connectivity index (χ3v) is 3.50. The Morgan fingerprint density at radius 2 is 2.12 bits per heavy atom. The first kappa shape index (κ1) is 11.9. The van der Waals surface area contributed by atoms with E-state index in [1.165, 1.54) is 0 Å². The molecule has 1 heterocycles. The summed E-state index contributed by atoms with van der Waals surface area (Å²) in [5.41, 5.74) is 0. The predicted octanol–water partition coefficient (Wildman–Crippen LogP) is 0.481. The summed E-state index contributed by atoms with van der Waals surface area (Å²) in [5.74, 6) is 1.18. The van der Waals surface area contributed by atoms with Crippen molar-refractivity contribution in [3.63, 3.8) is 0 Å². The Morgan fingerprint density at radius 1 is 1.44 bits per heavy atom.